The van der Waals surface area contributed by atoms with Crippen LogP contribution < -0.4 is 15.0 Å². The monoisotopic (exact) mass is 467 g/mol. The molecular formula is C19H25N5O7S. The third-order valence-corrected chi connectivity index (χ3v) is 5.71. The molecule has 1 aromatic rings. The van der Waals surface area contributed by atoms with Crippen LogP contribution in [0.1, 0.15) is 13.8 Å². The van der Waals surface area contributed by atoms with Crippen LogP contribution >= 0.6 is 11.8 Å². The molecule has 1 aliphatic rings. The molecule has 0 aliphatic carbocycles. The average molecular weight is 468 g/mol. The van der Waals surface area contributed by atoms with Crippen molar-refractivity contribution in [3.8, 4) is 5.75 Å². The Kier molecular flexibility index (Phi) is 9.11. The number of nitrogens with one attached hydrogen (secondary N) is 1. The van der Waals surface area contributed by atoms with Crippen molar-refractivity contribution in [3.05, 3.63) is 33.2 Å². The van der Waals surface area contributed by atoms with Gasteiger partial charge < -0.3 is 25.2 Å². The predicted octanol–water partition coefficient (Wildman–Crippen LogP) is 1.72. The highest BCUT2D eigenvalue weighted by atomic mass is 32.2. The minimum absolute atomic E-state index is 0.174. The van der Waals surface area contributed by atoms with Crippen LogP contribution in [0.15, 0.2) is 33.3 Å². The van der Waals surface area contributed by atoms with E-state index in [2.05, 4.69) is 15.5 Å². The molecule has 1 amide bonds. The summed E-state index contributed by atoms with van der Waals surface area (Å²) in [6, 6.07) is 1.84. The van der Waals surface area contributed by atoms with E-state index in [1.807, 2.05) is 0 Å². The Morgan fingerprint density at radius 3 is 2.44 bits per heavy atom. The van der Waals surface area contributed by atoms with E-state index >= 15 is 0 Å². The minimum Gasteiger partial charge on any atom is -0.494 e. The molecule has 0 radical (unpaired) electrons. The highest BCUT2D eigenvalue weighted by Crippen LogP contribution is 2.41. The molecule has 0 fully saturated rings. The van der Waals surface area contributed by atoms with Crippen molar-refractivity contribution in [1.82, 2.24) is 0 Å². The van der Waals surface area contributed by atoms with Gasteiger partial charge in [-0.3, -0.25) is 19.7 Å². The van der Waals surface area contributed by atoms with Crippen LogP contribution in [-0.4, -0.2) is 71.7 Å². The smallest absolute Gasteiger partial charge is 0.266 e. The van der Waals surface area contributed by atoms with Crippen molar-refractivity contribution >= 4 is 40.5 Å². The summed E-state index contributed by atoms with van der Waals surface area (Å²) in [5.41, 5.74) is 0.947. The standard InChI is InChI=1S/C19H25N5O7S/c1-11(27)18-10-16(24(29)30)19(32-18)22-21-14-9-17(31-3)15(8-13(14)20-12(2)28)23(4-6-25)5-7-26/h8-10,16,19,25-26H,4-7H2,1-3H3,(H,20,28). The first-order valence-electron chi connectivity index (χ1n) is 9.61. The summed E-state index contributed by atoms with van der Waals surface area (Å²) in [7, 11) is 1.42. The molecule has 1 aliphatic heterocycles. The van der Waals surface area contributed by atoms with Gasteiger partial charge in [0.2, 0.25) is 5.91 Å². The van der Waals surface area contributed by atoms with E-state index in [0.717, 1.165) is 11.8 Å². The van der Waals surface area contributed by atoms with Crippen molar-refractivity contribution in [1.29, 1.82) is 0 Å². The van der Waals surface area contributed by atoms with Crippen LogP contribution in [0.25, 0.3) is 0 Å². The van der Waals surface area contributed by atoms with Gasteiger partial charge in [0.15, 0.2) is 11.2 Å². The van der Waals surface area contributed by atoms with E-state index in [4.69, 9.17) is 4.74 Å². The van der Waals surface area contributed by atoms with Crippen LogP contribution in [-0.2, 0) is 9.59 Å². The Balaban J connectivity index is 2.46. The van der Waals surface area contributed by atoms with Gasteiger partial charge in [0.25, 0.3) is 6.04 Å². The summed E-state index contributed by atoms with van der Waals surface area (Å²) in [5, 5.41) is 39.9. The van der Waals surface area contributed by atoms with Gasteiger partial charge in [0.05, 0.1) is 36.6 Å². The third kappa shape index (κ3) is 6.24. The van der Waals surface area contributed by atoms with Crippen LogP contribution in [0, 0.1) is 10.1 Å². The number of ketones is 1. The van der Waals surface area contributed by atoms with Crippen LogP contribution in [0.5, 0.6) is 5.75 Å². The normalized spacial score (nSPS) is 17.8. The molecule has 174 valence electrons. The minimum atomic E-state index is -1.21. The number of Topliss-reactive ketones (excluding diaryl/α,β-unsaturated/α-hetero) is 1. The van der Waals surface area contributed by atoms with Crippen molar-refractivity contribution in [2.24, 2.45) is 10.2 Å². The zero-order valence-electron chi connectivity index (χ0n) is 17.8. The zero-order chi connectivity index (χ0) is 23.8. The number of amides is 1. The number of carbonyl (C=O) groups is 2. The fraction of sp³-hybridized carbons (Fsp3) is 0.474. The van der Waals surface area contributed by atoms with Gasteiger partial charge in [-0.05, 0) is 13.0 Å². The van der Waals surface area contributed by atoms with E-state index in [-0.39, 0.29) is 54.3 Å². The first-order valence-corrected chi connectivity index (χ1v) is 10.5. The molecule has 1 aromatic carbocycles. The number of allylic oxidation sites excluding steroid dienone is 1. The number of benzene rings is 1. The van der Waals surface area contributed by atoms with Crippen molar-refractivity contribution in [3.63, 3.8) is 0 Å². The Bertz CT molecular complexity index is 931. The second kappa shape index (κ2) is 11.5. The second-order valence-corrected chi connectivity index (χ2v) is 7.90. The van der Waals surface area contributed by atoms with Gasteiger partial charge >= 0.3 is 0 Å². The molecule has 0 saturated heterocycles. The van der Waals surface area contributed by atoms with Gasteiger partial charge in [-0.1, -0.05) is 11.8 Å². The number of rotatable bonds is 11. The number of methoxy groups -OCH3 is 1. The quantitative estimate of drug-likeness (QED) is 0.249. The number of carbonyl (C=O) groups excluding carboxylic acids is 2. The fourth-order valence-electron chi connectivity index (χ4n) is 2.99. The molecule has 2 rings (SSSR count). The highest BCUT2D eigenvalue weighted by molar-refractivity contribution is 8.04. The molecular weight excluding hydrogens is 442 g/mol. The first-order chi connectivity index (χ1) is 15.2. The maximum absolute atomic E-state index is 11.7. The zero-order valence-corrected chi connectivity index (χ0v) is 18.7. The average Bonchev–Trinajstić information content (AvgIpc) is 3.17. The molecule has 2 atom stereocenters. The van der Waals surface area contributed by atoms with Gasteiger partial charge in [0, 0.05) is 37.1 Å². The van der Waals surface area contributed by atoms with Gasteiger partial charge in [-0.2, -0.15) is 10.2 Å². The summed E-state index contributed by atoms with van der Waals surface area (Å²) in [4.78, 5) is 36.1. The number of aliphatic hydroxyl groups excluding tert-OH is 2. The third-order valence-electron chi connectivity index (χ3n) is 4.42. The number of anilines is 2. The maximum Gasteiger partial charge on any atom is 0.266 e. The lowest BCUT2D eigenvalue weighted by Gasteiger charge is -2.26. The Morgan fingerprint density at radius 1 is 1.28 bits per heavy atom. The lowest BCUT2D eigenvalue weighted by Crippen LogP contribution is -2.30. The SMILES string of the molecule is COc1cc(N=NC2SC(C(C)=O)=CC2[N+](=O)[O-])c(NC(C)=O)cc1N(CCO)CCO. The van der Waals surface area contributed by atoms with Gasteiger partial charge in [-0.25, -0.2) is 0 Å². The summed E-state index contributed by atoms with van der Waals surface area (Å²) in [6.45, 7) is 2.70. The summed E-state index contributed by atoms with van der Waals surface area (Å²) < 4.78 is 5.41. The Morgan fingerprint density at radius 2 is 1.94 bits per heavy atom. The van der Waals surface area contributed by atoms with Crippen LogP contribution in [0.4, 0.5) is 17.1 Å². The largest absolute Gasteiger partial charge is 0.494 e. The van der Waals surface area contributed by atoms with Gasteiger partial charge in [-0.15, -0.1) is 0 Å². The predicted molar refractivity (Wildman–Crippen MR) is 119 cm³/mol. The molecule has 1 heterocycles. The summed E-state index contributed by atoms with van der Waals surface area (Å²) in [5.74, 6) is -0.341. The van der Waals surface area contributed by atoms with E-state index in [9.17, 15) is 29.9 Å². The maximum atomic E-state index is 11.7. The lowest BCUT2D eigenvalue weighted by molar-refractivity contribution is -0.508. The topological polar surface area (TPSA) is 167 Å². The number of ether oxygens (including phenoxy) is 1. The van der Waals surface area contributed by atoms with Crippen molar-refractivity contribution in [2.45, 2.75) is 25.3 Å². The molecule has 0 aromatic heterocycles. The number of thioether (sulfide) groups is 1. The molecule has 2 unspecified atom stereocenters. The van der Waals surface area contributed by atoms with E-state index < -0.39 is 16.3 Å². The van der Waals surface area contributed by atoms with Gasteiger partial charge in [0.1, 0.15) is 11.4 Å². The number of hydrogen-bond acceptors (Lipinski definition) is 11. The van der Waals surface area contributed by atoms with E-state index in [0.29, 0.717) is 11.4 Å². The molecule has 32 heavy (non-hydrogen) atoms. The van der Waals surface area contributed by atoms with Crippen molar-refractivity contribution < 1.29 is 29.5 Å². The highest BCUT2D eigenvalue weighted by Gasteiger charge is 2.39. The molecule has 12 nitrogen and oxygen atoms in total. The summed E-state index contributed by atoms with van der Waals surface area (Å²) >= 11 is 0.953. The fourth-order valence-corrected chi connectivity index (χ4v) is 4.04. The van der Waals surface area contributed by atoms with E-state index in [1.165, 1.54) is 33.1 Å². The number of aliphatic hydroxyl groups is 2. The lowest BCUT2D eigenvalue weighted by atomic mass is 10.2. The molecule has 13 heteroatoms. The number of nitro groups is 1. The first kappa shape index (κ1) is 25.2. The Hall–Kier alpha value is -3.03. The summed E-state index contributed by atoms with van der Waals surface area (Å²) in [6.07, 6.45) is 1.26. The number of azo groups is 1. The molecule has 3 N–H and O–H groups in total. The Labute approximate surface area is 188 Å². The number of hydrogen-bond donors (Lipinski definition) is 3. The second-order valence-electron chi connectivity index (χ2n) is 6.74. The molecule has 0 bridgehead atoms. The molecule has 0 saturated carbocycles. The van der Waals surface area contributed by atoms with E-state index in [1.54, 1.807) is 11.0 Å². The van der Waals surface area contributed by atoms with Crippen LogP contribution in [0.2, 0.25) is 0 Å². The number of nitrogens with zero attached hydrogens (tertiary/aromatic N) is 4. The van der Waals surface area contributed by atoms with Crippen molar-refractivity contribution in [2.75, 3.05) is 43.6 Å². The van der Waals surface area contributed by atoms with Crippen LogP contribution in [0.3, 0.4) is 0 Å². The molecule has 0 spiro atoms.